The number of aryl methyl sites for hydroxylation is 1. The summed E-state index contributed by atoms with van der Waals surface area (Å²) in [6.07, 6.45) is 2.76. The fourth-order valence-electron chi connectivity index (χ4n) is 1.28. The van der Waals surface area contributed by atoms with Crippen LogP contribution in [0.4, 0.5) is 5.69 Å². The molecule has 2 rings (SSSR count). The van der Waals surface area contributed by atoms with Gasteiger partial charge in [0.15, 0.2) is 5.75 Å². The molecule has 0 saturated carbocycles. The summed E-state index contributed by atoms with van der Waals surface area (Å²) >= 11 is 0. The number of aromatic nitrogens is 1. The molecule has 12 heavy (non-hydrogen) atoms. The summed E-state index contributed by atoms with van der Waals surface area (Å²) in [6, 6.07) is 2.05. The Balaban J connectivity index is 2.36. The van der Waals surface area contributed by atoms with Crippen molar-refractivity contribution in [2.24, 2.45) is 0 Å². The summed E-state index contributed by atoms with van der Waals surface area (Å²) in [5.74, 6) is 0.874. The standard InChI is InChI=1S/C9H12N2O/c1-2-7-5-8-9(6-11-7)12-4-3-10-8/h5-6,10H,2-4H2,1H3. The summed E-state index contributed by atoms with van der Waals surface area (Å²) in [5, 5.41) is 3.27. The van der Waals surface area contributed by atoms with E-state index in [0.29, 0.717) is 0 Å². The Morgan fingerprint density at radius 3 is 3.42 bits per heavy atom. The molecule has 0 atom stereocenters. The van der Waals surface area contributed by atoms with Crippen molar-refractivity contribution in [1.29, 1.82) is 0 Å². The molecule has 1 aliphatic heterocycles. The maximum Gasteiger partial charge on any atom is 0.160 e. The molecule has 0 aliphatic carbocycles. The molecule has 0 fully saturated rings. The van der Waals surface area contributed by atoms with Crippen molar-refractivity contribution in [2.75, 3.05) is 18.5 Å². The van der Waals surface area contributed by atoms with Crippen LogP contribution in [-0.4, -0.2) is 18.1 Å². The van der Waals surface area contributed by atoms with Crippen molar-refractivity contribution < 1.29 is 4.74 Å². The lowest BCUT2D eigenvalue weighted by Crippen LogP contribution is -2.18. The van der Waals surface area contributed by atoms with Crippen LogP contribution in [0.2, 0.25) is 0 Å². The lowest BCUT2D eigenvalue weighted by Gasteiger charge is -2.18. The minimum atomic E-state index is 0.736. The predicted octanol–water partition coefficient (Wildman–Crippen LogP) is 1.45. The second-order valence-corrected chi connectivity index (χ2v) is 2.80. The van der Waals surface area contributed by atoms with E-state index in [-0.39, 0.29) is 0 Å². The molecule has 1 aromatic heterocycles. The first-order chi connectivity index (χ1) is 5.90. The van der Waals surface area contributed by atoms with Gasteiger partial charge in [-0.05, 0) is 12.5 Å². The van der Waals surface area contributed by atoms with Gasteiger partial charge < -0.3 is 10.1 Å². The number of hydrogen-bond acceptors (Lipinski definition) is 3. The Hall–Kier alpha value is -1.25. The molecule has 64 valence electrons. The Morgan fingerprint density at radius 1 is 1.67 bits per heavy atom. The number of fused-ring (bicyclic) bond motifs is 1. The number of ether oxygens (including phenoxy) is 1. The Morgan fingerprint density at radius 2 is 2.58 bits per heavy atom. The van der Waals surface area contributed by atoms with Gasteiger partial charge in [-0.15, -0.1) is 0 Å². The van der Waals surface area contributed by atoms with Gasteiger partial charge in [0.1, 0.15) is 6.61 Å². The van der Waals surface area contributed by atoms with Crippen molar-refractivity contribution >= 4 is 5.69 Å². The van der Waals surface area contributed by atoms with Crippen molar-refractivity contribution in [3.05, 3.63) is 18.0 Å². The lowest BCUT2D eigenvalue weighted by molar-refractivity contribution is 0.321. The van der Waals surface area contributed by atoms with Crippen molar-refractivity contribution in [3.8, 4) is 5.75 Å². The van der Waals surface area contributed by atoms with E-state index in [0.717, 1.165) is 36.7 Å². The van der Waals surface area contributed by atoms with E-state index < -0.39 is 0 Å². The summed E-state index contributed by atoms with van der Waals surface area (Å²) < 4.78 is 5.40. The number of anilines is 1. The summed E-state index contributed by atoms with van der Waals surface area (Å²) in [5.41, 5.74) is 2.18. The van der Waals surface area contributed by atoms with E-state index in [1.54, 1.807) is 6.20 Å². The molecular formula is C9H12N2O. The predicted molar refractivity (Wildman–Crippen MR) is 47.6 cm³/mol. The zero-order valence-electron chi connectivity index (χ0n) is 7.13. The highest BCUT2D eigenvalue weighted by molar-refractivity contribution is 5.57. The van der Waals surface area contributed by atoms with Gasteiger partial charge in [-0.3, -0.25) is 4.98 Å². The monoisotopic (exact) mass is 164 g/mol. The van der Waals surface area contributed by atoms with Crippen molar-refractivity contribution in [3.63, 3.8) is 0 Å². The van der Waals surface area contributed by atoms with E-state index in [2.05, 4.69) is 23.3 Å². The summed E-state index contributed by atoms with van der Waals surface area (Å²) in [4.78, 5) is 4.25. The van der Waals surface area contributed by atoms with Gasteiger partial charge in [0.05, 0.1) is 11.9 Å². The highest BCUT2D eigenvalue weighted by Crippen LogP contribution is 2.26. The van der Waals surface area contributed by atoms with Gasteiger partial charge in [0, 0.05) is 12.2 Å². The first-order valence-electron chi connectivity index (χ1n) is 4.25. The summed E-state index contributed by atoms with van der Waals surface area (Å²) in [6.45, 7) is 3.72. The molecule has 1 aromatic rings. The van der Waals surface area contributed by atoms with E-state index in [4.69, 9.17) is 4.74 Å². The van der Waals surface area contributed by atoms with Gasteiger partial charge in [-0.1, -0.05) is 6.92 Å². The zero-order valence-corrected chi connectivity index (χ0v) is 7.13. The van der Waals surface area contributed by atoms with Crippen LogP contribution < -0.4 is 10.1 Å². The van der Waals surface area contributed by atoms with Gasteiger partial charge in [0.2, 0.25) is 0 Å². The molecule has 0 bridgehead atoms. The zero-order chi connectivity index (χ0) is 8.39. The third-order valence-corrected chi connectivity index (χ3v) is 1.96. The third kappa shape index (κ3) is 1.22. The number of pyridine rings is 1. The molecule has 1 aliphatic rings. The fourth-order valence-corrected chi connectivity index (χ4v) is 1.28. The SMILES string of the molecule is CCc1cc2c(cn1)OCCN2. The topological polar surface area (TPSA) is 34.1 Å². The highest BCUT2D eigenvalue weighted by atomic mass is 16.5. The molecule has 0 unspecified atom stereocenters. The molecular weight excluding hydrogens is 152 g/mol. The number of hydrogen-bond donors (Lipinski definition) is 1. The van der Waals surface area contributed by atoms with Crippen LogP contribution in [0, 0.1) is 0 Å². The summed E-state index contributed by atoms with van der Waals surface area (Å²) in [7, 11) is 0. The number of nitrogens with zero attached hydrogens (tertiary/aromatic N) is 1. The van der Waals surface area contributed by atoms with Crippen LogP contribution in [0.15, 0.2) is 12.3 Å². The quantitative estimate of drug-likeness (QED) is 0.682. The number of rotatable bonds is 1. The van der Waals surface area contributed by atoms with Crippen LogP contribution in [0.5, 0.6) is 5.75 Å². The Labute approximate surface area is 71.8 Å². The minimum absolute atomic E-state index is 0.736. The Bertz CT molecular complexity index is 286. The van der Waals surface area contributed by atoms with Crippen LogP contribution in [-0.2, 0) is 6.42 Å². The molecule has 0 saturated heterocycles. The molecule has 0 radical (unpaired) electrons. The van der Waals surface area contributed by atoms with E-state index in [9.17, 15) is 0 Å². The van der Waals surface area contributed by atoms with E-state index >= 15 is 0 Å². The van der Waals surface area contributed by atoms with Crippen LogP contribution in [0.1, 0.15) is 12.6 Å². The highest BCUT2D eigenvalue weighted by Gasteiger charge is 2.09. The molecule has 0 amide bonds. The van der Waals surface area contributed by atoms with Gasteiger partial charge in [-0.2, -0.15) is 0 Å². The number of nitrogens with one attached hydrogen (secondary N) is 1. The third-order valence-electron chi connectivity index (χ3n) is 1.96. The largest absolute Gasteiger partial charge is 0.488 e. The van der Waals surface area contributed by atoms with Crippen molar-refractivity contribution in [2.45, 2.75) is 13.3 Å². The average molecular weight is 164 g/mol. The van der Waals surface area contributed by atoms with Crippen LogP contribution in [0.3, 0.4) is 0 Å². The smallest absolute Gasteiger partial charge is 0.160 e. The molecule has 1 N–H and O–H groups in total. The second kappa shape index (κ2) is 3.01. The first kappa shape index (κ1) is 7.40. The maximum atomic E-state index is 5.40. The van der Waals surface area contributed by atoms with Gasteiger partial charge >= 0.3 is 0 Å². The lowest BCUT2D eigenvalue weighted by atomic mass is 10.2. The fraction of sp³-hybridized carbons (Fsp3) is 0.444. The molecule has 3 heteroatoms. The normalized spacial score (nSPS) is 14.4. The molecule has 3 nitrogen and oxygen atoms in total. The van der Waals surface area contributed by atoms with Crippen LogP contribution in [0.25, 0.3) is 0 Å². The van der Waals surface area contributed by atoms with Gasteiger partial charge in [-0.25, -0.2) is 0 Å². The van der Waals surface area contributed by atoms with E-state index in [1.165, 1.54) is 0 Å². The van der Waals surface area contributed by atoms with Gasteiger partial charge in [0.25, 0.3) is 0 Å². The average Bonchev–Trinajstić information content (AvgIpc) is 2.17. The van der Waals surface area contributed by atoms with Crippen molar-refractivity contribution in [1.82, 2.24) is 4.98 Å². The molecule has 2 heterocycles. The molecule has 0 spiro atoms. The van der Waals surface area contributed by atoms with E-state index in [1.807, 2.05) is 0 Å². The first-order valence-corrected chi connectivity index (χ1v) is 4.25. The minimum Gasteiger partial charge on any atom is -0.488 e. The van der Waals surface area contributed by atoms with Crippen LogP contribution >= 0.6 is 0 Å². The molecule has 0 aromatic carbocycles. The Kier molecular flexibility index (Phi) is 1.86. The maximum absolute atomic E-state index is 5.40. The second-order valence-electron chi connectivity index (χ2n) is 2.80.